The summed E-state index contributed by atoms with van der Waals surface area (Å²) in [5, 5.41) is 3.50. The lowest BCUT2D eigenvalue weighted by Gasteiger charge is -2.35. The minimum atomic E-state index is 0. The van der Waals surface area contributed by atoms with Gasteiger partial charge in [0, 0.05) is 33.3 Å². The number of ether oxygens (including phenoxy) is 2. The first-order valence-corrected chi connectivity index (χ1v) is 9.99. The largest absolute Gasteiger partial charge is 0.376 e. The molecule has 152 valence electrons. The third-order valence-electron chi connectivity index (χ3n) is 5.28. The summed E-state index contributed by atoms with van der Waals surface area (Å²) in [7, 11) is 1.86. The van der Waals surface area contributed by atoms with Crippen LogP contribution >= 0.6 is 24.0 Å². The van der Waals surface area contributed by atoms with Gasteiger partial charge in [0.05, 0.1) is 18.8 Å². The molecule has 2 heterocycles. The van der Waals surface area contributed by atoms with Gasteiger partial charge >= 0.3 is 0 Å². The van der Waals surface area contributed by atoms with Crippen LogP contribution in [0.25, 0.3) is 0 Å². The highest BCUT2D eigenvalue weighted by atomic mass is 127. The van der Waals surface area contributed by atoms with E-state index in [9.17, 15) is 0 Å². The number of hydrogen-bond acceptors (Lipinski definition) is 3. The molecular formula is C21H34IN3O2. The molecule has 0 aromatic heterocycles. The molecule has 27 heavy (non-hydrogen) atoms. The first kappa shape index (κ1) is 22.4. The average Bonchev–Trinajstić information content (AvgIpc) is 2.69. The van der Waals surface area contributed by atoms with Crippen molar-refractivity contribution in [2.45, 2.75) is 57.8 Å². The second-order valence-electron chi connectivity index (χ2n) is 7.40. The van der Waals surface area contributed by atoms with Gasteiger partial charge < -0.3 is 19.7 Å². The number of benzene rings is 1. The van der Waals surface area contributed by atoms with E-state index in [0.717, 1.165) is 58.1 Å². The summed E-state index contributed by atoms with van der Waals surface area (Å²) in [4.78, 5) is 6.80. The van der Waals surface area contributed by atoms with Crippen LogP contribution in [0.3, 0.4) is 0 Å². The highest BCUT2D eigenvalue weighted by molar-refractivity contribution is 14.0. The van der Waals surface area contributed by atoms with Gasteiger partial charge in [0.2, 0.25) is 0 Å². The van der Waals surface area contributed by atoms with Gasteiger partial charge in [-0.05, 0) is 44.6 Å². The maximum Gasteiger partial charge on any atom is 0.193 e. The van der Waals surface area contributed by atoms with Gasteiger partial charge in [-0.25, -0.2) is 0 Å². The van der Waals surface area contributed by atoms with E-state index in [1.165, 1.54) is 24.0 Å². The highest BCUT2D eigenvalue weighted by Crippen LogP contribution is 2.18. The van der Waals surface area contributed by atoms with Gasteiger partial charge in [0.1, 0.15) is 0 Å². The predicted octanol–water partition coefficient (Wildman–Crippen LogP) is 3.74. The van der Waals surface area contributed by atoms with Crippen LogP contribution in [0.4, 0.5) is 0 Å². The summed E-state index contributed by atoms with van der Waals surface area (Å²) in [5.74, 6) is 0.987. The van der Waals surface area contributed by atoms with E-state index in [1.807, 2.05) is 7.05 Å². The number of rotatable bonds is 5. The molecule has 0 spiro atoms. The van der Waals surface area contributed by atoms with Gasteiger partial charge in [-0.2, -0.15) is 0 Å². The molecule has 1 unspecified atom stereocenters. The Kier molecular flexibility index (Phi) is 9.86. The molecule has 2 fully saturated rings. The van der Waals surface area contributed by atoms with E-state index in [2.05, 4.69) is 46.4 Å². The Hall–Kier alpha value is -0.860. The monoisotopic (exact) mass is 487 g/mol. The van der Waals surface area contributed by atoms with Gasteiger partial charge in [0.15, 0.2) is 5.96 Å². The van der Waals surface area contributed by atoms with Crippen LogP contribution in [0.2, 0.25) is 0 Å². The van der Waals surface area contributed by atoms with E-state index in [4.69, 9.17) is 9.47 Å². The normalized spacial score (nSPS) is 21.6. The van der Waals surface area contributed by atoms with Gasteiger partial charge in [-0.3, -0.25) is 4.99 Å². The lowest BCUT2D eigenvalue weighted by atomic mass is 10.1. The number of guanidine groups is 1. The molecular weight excluding hydrogens is 453 g/mol. The van der Waals surface area contributed by atoms with Crippen LogP contribution < -0.4 is 5.32 Å². The average molecular weight is 487 g/mol. The second kappa shape index (κ2) is 11.9. The quantitative estimate of drug-likeness (QED) is 0.391. The number of aryl methyl sites for hydroxylation is 1. The summed E-state index contributed by atoms with van der Waals surface area (Å²) in [6, 6.07) is 8.60. The van der Waals surface area contributed by atoms with E-state index < -0.39 is 0 Å². The molecule has 3 rings (SSSR count). The number of nitrogens with one attached hydrogen (secondary N) is 1. The molecule has 0 bridgehead atoms. The third-order valence-corrected chi connectivity index (χ3v) is 5.28. The number of hydrogen-bond donors (Lipinski definition) is 1. The zero-order valence-corrected chi connectivity index (χ0v) is 19.0. The Labute approximate surface area is 180 Å². The summed E-state index contributed by atoms with van der Waals surface area (Å²) in [5.41, 5.74) is 2.58. The van der Waals surface area contributed by atoms with Crippen LogP contribution in [-0.2, 0) is 16.0 Å². The molecule has 1 aromatic rings. The van der Waals surface area contributed by atoms with Crippen molar-refractivity contribution < 1.29 is 9.47 Å². The van der Waals surface area contributed by atoms with Gasteiger partial charge in [-0.1, -0.05) is 29.8 Å². The molecule has 0 saturated carbocycles. The summed E-state index contributed by atoms with van der Waals surface area (Å²) >= 11 is 0. The highest BCUT2D eigenvalue weighted by Gasteiger charge is 2.23. The molecule has 1 N–H and O–H groups in total. The van der Waals surface area contributed by atoms with Crippen molar-refractivity contribution in [2.75, 3.05) is 33.4 Å². The van der Waals surface area contributed by atoms with E-state index in [1.54, 1.807) is 0 Å². The van der Waals surface area contributed by atoms with Crippen molar-refractivity contribution in [3.63, 3.8) is 0 Å². The molecule has 2 aliphatic heterocycles. The Morgan fingerprint density at radius 3 is 2.74 bits per heavy atom. The van der Waals surface area contributed by atoms with Crippen molar-refractivity contribution in [3.05, 3.63) is 35.4 Å². The topological polar surface area (TPSA) is 46.1 Å². The molecule has 2 aliphatic rings. The maximum atomic E-state index is 6.11. The Balaban J connectivity index is 0.00000261. The molecule has 5 nitrogen and oxygen atoms in total. The third kappa shape index (κ3) is 7.23. The number of aliphatic imine (C=N–C) groups is 1. The molecule has 0 amide bonds. The Morgan fingerprint density at radius 1 is 1.26 bits per heavy atom. The first-order valence-electron chi connectivity index (χ1n) is 9.99. The number of halogens is 1. The van der Waals surface area contributed by atoms with Gasteiger partial charge in [-0.15, -0.1) is 24.0 Å². The summed E-state index contributed by atoms with van der Waals surface area (Å²) in [6.45, 7) is 6.57. The van der Waals surface area contributed by atoms with Crippen molar-refractivity contribution in [3.8, 4) is 0 Å². The fraction of sp³-hybridized carbons (Fsp3) is 0.667. The number of likely N-dealkylation sites (tertiary alicyclic amines) is 1. The van der Waals surface area contributed by atoms with Crippen LogP contribution in [0.15, 0.2) is 29.3 Å². The van der Waals surface area contributed by atoms with E-state index >= 15 is 0 Å². The van der Waals surface area contributed by atoms with Crippen molar-refractivity contribution >= 4 is 29.9 Å². The fourth-order valence-corrected chi connectivity index (χ4v) is 3.75. The predicted molar refractivity (Wildman–Crippen MR) is 121 cm³/mol. The Bertz CT molecular complexity index is 583. The number of nitrogens with zero attached hydrogens (tertiary/aromatic N) is 2. The van der Waals surface area contributed by atoms with Crippen molar-refractivity contribution in [2.24, 2.45) is 4.99 Å². The smallest absolute Gasteiger partial charge is 0.193 e. The zero-order valence-electron chi connectivity index (χ0n) is 16.7. The minimum Gasteiger partial charge on any atom is -0.376 e. The van der Waals surface area contributed by atoms with E-state index in [0.29, 0.717) is 12.2 Å². The molecule has 1 aromatic carbocycles. The molecule has 6 heteroatoms. The summed E-state index contributed by atoms with van der Waals surface area (Å²) < 4.78 is 11.9. The van der Waals surface area contributed by atoms with Crippen molar-refractivity contribution in [1.82, 2.24) is 10.2 Å². The van der Waals surface area contributed by atoms with E-state index in [-0.39, 0.29) is 24.0 Å². The number of piperidine rings is 1. The lowest BCUT2D eigenvalue weighted by Crippen LogP contribution is -2.47. The van der Waals surface area contributed by atoms with Crippen LogP contribution in [0.1, 0.15) is 43.2 Å². The van der Waals surface area contributed by atoms with Crippen LogP contribution in [-0.4, -0.2) is 56.4 Å². The standard InChI is InChI=1S/C21H33N3O2.HI/c1-17-6-5-7-18(14-17)15-23-21(22-2)24-11-9-19(10-12-24)26-16-20-8-3-4-13-25-20;/h5-7,14,19-20H,3-4,8-13,15-16H2,1-2H3,(H,22,23);1H. The SMILES string of the molecule is CN=C(NCc1cccc(C)c1)N1CCC(OCC2CCCCO2)CC1.I. The lowest BCUT2D eigenvalue weighted by molar-refractivity contribution is -0.0721. The molecule has 2 saturated heterocycles. The maximum absolute atomic E-state index is 6.11. The van der Waals surface area contributed by atoms with Gasteiger partial charge in [0.25, 0.3) is 0 Å². The Morgan fingerprint density at radius 2 is 2.07 bits per heavy atom. The fourth-order valence-electron chi connectivity index (χ4n) is 3.75. The second-order valence-corrected chi connectivity index (χ2v) is 7.40. The zero-order chi connectivity index (χ0) is 18.2. The minimum absolute atomic E-state index is 0. The molecule has 0 radical (unpaired) electrons. The van der Waals surface area contributed by atoms with Crippen LogP contribution in [0.5, 0.6) is 0 Å². The van der Waals surface area contributed by atoms with Crippen LogP contribution in [0, 0.1) is 6.92 Å². The van der Waals surface area contributed by atoms with Crippen molar-refractivity contribution in [1.29, 1.82) is 0 Å². The first-order chi connectivity index (χ1) is 12.7. The molecule has 0 aliphatic carbocycles. The summed E-state index contributed by atoms with van der Waals surface area (Å²) in [6.07, 6.45) is 6.39. The molecule has 1 atom stereocenters.